The molecule has 3 atom stereocenters. The van der Waals surface area contributed by atoms with Crippen molar-refractivity contribution in [3.63, 3.8) is 0 Å². The minimum Gasteiger partial charge on any atom is -0.447 e. The van der Waals surface area contributed by atoms with Crippen molar-refractivity contribution in [2.24, 2.45) is 0 Å². The number of carbonyl (C=O) groups is 4. The molecule has 6 amide bonds. The number of nitrogens with zero attached hydrogens (tertiary/aromatic N) is 4. The van der Waals surface area contributed by atoms with Crippen molar-refractivity contribution in [2.75, 3.05) is 77.0 Å². The fourth-order valence-corrected chi connectivity index (χ4v) is 6.57. The van der Waals surface area contributed by atoms with E-state index >= 15 is 0 Å². The van der Waals surface area contributed by atoms with E-state index in [4.69, 9.17) is 30.4 Å². The van der Waals surface area contributed by atoms with Gasteiger partial charge < -0.3 is 60.6 Å². The van der Waals surface area contributed by atoms with E-state index in [1.165, 1.54) is 0 Å². The number of carbonyl (C=O) groups excluding carboxylic acids is 4. The predicted molar refractivity (Wildman–Crippen MR) is 218 cm³/mol. The molecule has 18 heteroatoms. The Morgan fingerprint density at radius 2 is 1.11 bits per heavy atom. The predicted octanol–water partition coefficient (Wildman–Crippen LogP) is 4.07. The number of hydrogen-bond acceptors (Lipinski definition) is 10. The van der Waals surface area contributed by atoms with Gasteiger partial charge in [0, 0.05) is 83.2 Å². The van der Waals surface area contributed by atoms with Crippen LogP contribution in [-0.4, -0.2) is 128 Å². The van der Waals surface area contributed by atoms with Gasteiger partial charge in [-0.25, -0.2) is 19.2 Å². The molecule has 6 N–H and O–H groups in total. The number of piperazine rings is 2. The van der Waals surface area contributed by atoms with E-state index in [-0.39, 0.29) is 56.7 Å². The van der Waals surface area contributed by atoms with Gasteiger partial charge in [0.1, 0.15) is 24.9 Å². The Hall–Kier alpha value is -5.16. The van der Waals surface area contributed by atoms with Crippen LogP contribution in [0.5, 0.6) is 0 Å². The van der Waals surface area contributed by atoms with Gasteiger partial charge in [0.2, 0.25) is 0 Å². The normalized spacial score (nSPS) is 19.3. The van der Waals surface area contributed by atoms with Crippen molar-refractivity contribution in [2.45, 2.75) is 44.4 Å². The average molecular weight is 832 g/mol. The van der Waals surface area contributed by atoms with Gasteiger partial charge in [-0.3, -0.25) is 0 Å². The lowest BCUT2D eigenvalue weighted by atomic mass is 10.0. The Balaban J connectivity index is 0.00000360. The molecule has 0 bridgehead atoms. The SMILES string of the molecule is Cl.Cl.Nc1ccc(CNC(=O)N2CCN(C(=O)OC[C@H]3OCC[C@@H](OC(=O)N4CCN(C(=O)NCc5ccc(N)cc5)CC4)[C@@H]3OCc3ccccc3)CC2)cc1. The first-order valence-corrected chi connectivity index (χ1v) is 18.6. The minimum atomic E-state index is -0.715. The van der Waals surface area contributed by atoms with Crippen molar-refractivity contribution in [3.8, 4) is 0 Å². The highest BCUT2D eigenvalue weighted by atomic mass is 35.5. The molecule has 3 aliphatic rings. The van der Waals surface area contributed by atoms with Crippen LogP contribution < -0.4 is 22.1 Å². The van der Waals surface area contributed by atoms with Crippen LogP contribution in [0.15, 0.2) is 78.9 Å². The summed E-state index contributed by atoms with van der Waals surface area (Å²) in [4.78, 5) is 58.6. The molecule has 3 aliphatic heterocycles. The van der Waals surface area contributed by atoms with Crippen LogP contribution >= 0.6 is 24.8 Å². The molecule has 3 heterocycles. The molecule has 0 aliphatic carbocycles. The van der Waals surface area contributed by atoms with Gasteiger partial charge >= 0.3 is 24.2 Å². The number of ether oxygens (including phenoxy) is 4. The van der Waals surface area contributed by atoms with E-state index < -0.39 is 30.5 Å². The fraction of sp³-hybridized carbons (Fsp3) is 0.436. The molecule has 0 saturated carbocycles. The molecule has 3 fully saturated rings. The van der Waals surface area contributed by atoms with E-state index in [0.717, 1.165) is 16.7 Å². The van der Waals surface area contributed by atoms with Crippen LogP contribution in [0, 0.1) is 0 Å². The van der Waals surface area contributed by atoms with Crippen LogP contribution in [0.1, 0.15) is 23.1 Å². The van der Waals surface area contributed by atoms with E-state index in [2.05, 4.69) is 10.6 Å². The average Bonchev–Trinajstić information content (AvgIpc) is 3.22. The highest BCUT2D eigenvalue weighted by Crippen LogP contribution is 2.24. The highest BCUT2D eigenvalue weighted by Gasteiger charge is 2.40. The third-order valence-electron chi connectivity index (χ3n) is 9.87. The Kier molecular flexibility index (Phi) is 17.2. The smallest absolute Gasteiger partial charge is 0.410 e. The zero-order valence-electron chi connectivity index (χ0n) is 31.7. The van der Waals surface area contributed by atoms with Gasteiger partial charge in [-0.05, 0) is 41.0 Å². The second-order valence-electron chi connectivity index (χ2n) is 13.7. The van der Waals surface area contributed by atoms with Gasteiger partial charge in [0.25, 0.3) is 0 Å². The summed E-state index contributed by atoms with van der Waals surface area (Å²) in [5, 5.41) is 5.82. The number of nitrogen functional groups attached to an aromatic ring is 2. The van der Waals surface area contributed by atoms with Gasteiger partial charge in [0.05, 0.1) is 13.2 Å². The van der Waals surface area contributed by atoms with Gasteiger partial charge in [-0.1, -0.05) is 54.6 Å². The first-order valence-electron chi connectivity index (χ1n) is 18.6. The molecule has 6 rings (SSSR count). The Morgan fingerprint density at radius 1 is 0.632 bits per heavy atom. The largest absolute Gasteiger partial charge is 0.447 e. The molecule has 0 spiro atoms. The van der Waals surface area contributed by atoms with Crippen molar-refractivity contribution < 1.29 is 38.1 Å². The summed E-state index contributed by atoms with van der Waals surface area (Å²) in [6.45, 7) is 3.79. The van der Waals surface area contributed by atoms with E-state index in [1.807, 2.05) is 54.6 Å². The number of rotatable bonds is 10. The maximum Gasteiger partial charge on any atom is 0.410 e. The number of benzene rings is 3. The number of amides is 6. The van der Waals surface area contributed by atoms with Gasteiger partial charge in [0.15, 0.2) is 0 Å². The summed E-state index contributed by atoms with van der Waals surface area (Å²) in [6, 6.07) is 23.8. The number of anilines is 2. The van der Waals surface area contributed by atoms with Crippen LogP contribution in [-0.2, 0) is 38.6 Å². The summed E-state index contributed by atoms with van der Waals surface area (Å²) >= 11 is 0. The molecule has 3 aromatic carbocycles. The van der Waals surface area contributed by atoms with Crippen molar-refractivity contribution in [1.29, 1.82) is 0 Å². The molecule has 0 radical (unpaired) electrons. The Labute approximate surface area is 344 Å². The lowest BCUT2D eigenvalue weighted by Crippen LogP contribution is -2.56. The number of halogens is 2. The first kappa shape index (κ1) is 44.6. The molecular weight excluding hydrogens is 779 g/mol. The van der Waals surface area contributed by atoms with Crippen LogP contribution in [0.4, 0.5) is 30.6 Å². The van der Waals surface area contributed by atoms with Crippen LogP contribution in [0.3, 0.4) is 0 Å². The van der Waals surface area contributed by atoms with Crippen LogP contribution in [0.25, 0.3) is 0 Å². The molecular formula is C39H52Cl2N8O8. The third-order valence-corrected chi connectivity index (χ3v) is 9.87. The lowest BCUT2D eigenvalue weighted by Gasteiger charge is -2.39. The molecule has 16 nitrogen and oxygen atoms in total. The standard InChI is InChI=1S/C39H50N8O8.2ClH/c40-31-10-6-28(7-11-31)24-42-36(48)44-15-19-46(20-16-44)38(50)54-27-34-35(53-26-30-4-2-1-3-5-30)33(14-23-52-34)55-39(51)47-21-17-45(18-22-47)37(49)43-25-29-8-12-32(41)13-9-29;;/h1-13,33-35H,14-27,40-41H2,(H,42,48)(H,43,49);2*1H/t33-,34-,35+;;/m1../s1. The number of hydrogen-bond donors (Lipinski definition) is 4. The molecule has 3 saturated heterocycles. The summed E-state index contributed by atoms with van der Waals surface area (Å²) in [5.74, 6) is 0. The Morgan fingerprint density at radius 3 is 1.61 bits per heavy atom. The summed E-state index contributed by atoms with van der Waals surface area (Å²) in [5.41, 5.74) is 15.6. The van der Waals surface area contributed by atoms with E-state index in [9.17, 15) is 19.2 Å². The lowest BCUT2D eigenvalue weighted by molar-refractivity contribution is -0.178. The molecule has 3 aromatic rings. The topological polar surface area (TPSA) is 194 Å². The molecule has 0 unspecified atom stereocenters. The van der Waals surface area contributed by atoms with Crippen molar-refractivity contribution >= 4 is 60.4 Å². The monoisotopic (exact) mass is 830 g/mol. The summed E-state index contributed by atoms with van der Waals surface area (Å²) < 4.78 is 24.1. The van der Waals surface area contributed by atoms with Crippen LogP contribution in [0.2, 0.25) is 0 Å². The molecule has 310 valence electrons. The first-order chi connectivity index (χ1) is 26.7. The second-order valence-corrected chi connectivity index (χ2v) is 13.7. The fourth-order valence-electron chi connectivity index (χ4n) is 6.57. The zero-order valence-corrected chi connectivity index (χ0v) is 33.3. The Bertz CT molecular complexity index is 1730. The van der Waals surface area contributed by atoms with Gasteiger partial charge in [-0.15, -0.1) is 24.8 Å². The number of nitrogens with one attached hydrogen (secondary N) is 2. The van der Waals surface area contributed by atoms with Crippen molar-refractivity contribution in [1.82, 2.24) is 30.2 Å². The summed E-state index contributed by atoms with van der Waals surface area (Å²) in [7, 11) is 0. The zero-order chi connectivity index (χ0) is 38.6. The summed E-state index contributed by atoms with van der Waals surface area (Å²) in [6.07, 6.45) is -2.71. The van der Waals surface area contributed by atoms with E-state index in [0.29, 0.717) is 83.2 Å². The maximum absolute atomic E-state index is 13.4. The number of urea groups is 2. The molecule has 0 aromatic heterocycles. The second kappa shape index (κ2) is 22.0. The molecule has 57 heavy (non-hydrogen) atoms. The van der Waals surface area contributed by atoms with E-state index in [1.54, 1.807) is 43.9 Å². The minimum absolute atomic E-state index is 0. The maximum atomic E-state index is 13.4. The number of nitrogens with two attached hydrogens (primary N) is 2. The quantitative estimate of drug-likeness (QED) is 0.217. The van der Waals surface area contributed by atoms with Gasteiger partial charge in [-0.2, -0.15) is 0 Å². The third kappa shape index (κ3) is 12.9. The highest BCUT2D eigenvalue weighted by molar-refractivity contribution is 5.85. The van der Waals surface area contributed by atoms with Crippen molar-refractivity contribution in [3.05, 3.63) is 95.6 Å².